The van der Waals surface area contributed by atoms with Crippen molar-refractivity contribution in [3.8, 4) is 5.75 Å². The summed E-state index contributed by atoms with van der Waals surface area (Å²) in [5.41, 5.74) is 12.6. The molecule has 1 aromatic rings. The average molecular weight is 270 g/mol. The van der Waals surface area contributed by atoms with Gasteiger partial charge in [0, 0.05) is 18.9 Å². The van der Waals surface area contributed by atoms with Gasteiger partial charge < -0.3 is 30.4 Å². The van der Waals surface area contributed by atoms with Gasteiger partial charge in [-0.2, -0.15) is 0 Å². The minimum absolute atomic E-state index is 0.422. The smallest absolute Gasteiger partial charge is 0.144 e. The van der Waals surface area contributed by atoms with Gasteiger partial charge in [-0.05, 0) is 12.1 Å². The van der Waals surface area contributed by atoms with Crippen LogP contribution in [0.4, 0.5) is 11.4 Å². The molecule has 0 aromatic heterocycles. The van der Waals surface area contributed by atoms with E-state index in [1.165, 1.54) is 0 Å². The van der Waals surface area contributed by atoms with Crippen LogP contribution in [-0.4, -0.2) is 46.8 Å². The summed E-state index contributed by atoms with van der Waals surface area (Å²) >= 11 is 0. The molecule has 0 spiro atoms. The Hall–Kier alpha value is -1.50. The topological polar surface area (TPSA) is 89.0 Å². The average Bonchev–Trinajstić information content (AvgIpc) is 2.40. The van der Waals surface area contributed by atoms with E-state index >= 15 is 0 Å². The van der Waals surface area contributed by atoms with Crippen molar-refractivity contribution in [1.82, 2.24) is 0 Å². The van der Waals surface area contributed by atoms with E-state index in [-0.39, 0.29) is 0 Å². The Morgan fingerprint density at radius 3 is 2.21 bits per heavy atom. The minimum atomic E-state index is 0.422. The van der Waals surface area contributed by atoms with Gasteiger partial charge in [-0.3, -0.25) is 0 Å². The number of methoxy groups -OCH3 is 1. The molecule has 0 atom stereocenters. The Kier molecular flexibility index (Phi) is 7.72. The molecule has 0 saturated heterocycles. The van der Waals surface area contributed by atoms with Gasteiger partial charge in [-0.25, -0.2) is 0 Å². The van der Waals surface area contributed by atoms with Crippen LogP contribution in [0, 0.1) is 0 Å². The van der Waals surface area contributed by atoms with Gasteiger partial charge >= 0.3 is 0 Å². The lowest BCUT2D eigenvalue weighted by molar-refractivity contribution is 0.0180. The molecular weight excluding hydrogens is 248 g/mol. The molecule has 108 valence electrons. The summed E-state index contributed by atoms with van der Waals surface area (Å²) in [5, 5.41) is 0. The Labute approximate surface area is 113 Å². The molecule has 1 aromatic carbocycles. The fraction of sp³-hybridized carbons (Fsp3) is 0.538. The molecule has 1 rings (SSSR count). The first kappa shape index (κ1) is 15.6. The number of nitrogens with two attached hydrogens (primary N) is 2. The van der Waals surface area contributed by atoms with Crippen molar-refractivity contribution < 1.29 is 18.9 Å². The second kappa shape index (κ2) is 9.43. The van der Waals surface area contributed by atoms with Gasteiger partial charge in [-0.1, -0.05) is 0 Å². The summed E-state index contributed by atoms with van der Waals surface area (Å²) in [7, 11) is 1.64. The molecule has 4 N–H and O–H groups in total. The van der Waals surface area contributed by atoms with Crippen molar-refractivity contribution >= 4 is 11.4 Å². The Bertz CT molecular complexity index is 360. The number of nitrogen functional groups attached to an aromatic ring is 2. The Morgan fingerprint density at radius 1 is 0.895 bits per heavy atom. The van der Waals surface area contributed by atoms with E-state index in [4.69, 9.17) is 30.4 Å². The van der Waals surface area contributed by atoms with Crippen LogP contribution in [0.5, 0.6) is 5.75 Å². The maximum absolute atomic E-state index is 5.75. The molecule has 0 aliphatic carbocycles. The molecule has 19 heavy (non-hydrogen) atoms. The third kappa shape index (κ3) is 6.85. The fourth-order valence-electron chi connectivity index (χ4n) is 1.35. The van der Waals surface area contributed by atoms with Crippen LogP contribution < -0.4 is 16.2 Å². The van der Waals surface area contributed by atoms with Gasteiger partial charge in [0.15, 0.2) is 0 Å². The first-order chi connectivity index (χ1) is 9.24. The maximum atomic E-state index is 5.75. The maximum Gasteiger partial charge on any atom is 0.144 e. The van der Waals surface area contributed by atoms with E-state index < -0.39 is 0 Å². The number of rotatable bonds is 10. The molecule has 0 unspecified atom stereocenters. The number of benzene rings is 1. The van der Waals surface area contributed by atoms with Gasteiger partial charge in [-0.15, -0.1) is 0 Å². The van der Waals surface area contributed by atoms with Crippen molar-refractivity contribution in [1.29, 1.82) is 0 Å². The normalized spacial score (nSPS) is 10.6. The van der Waals surface area contributed by atoms with Crippen molar-refractivity contribution in [2.24, 2.45) is 0 Å². The van der Waals surface area contributed by atoms with Gasteiger partial charge in [0.1, 0.15) is 12.4 Å². The predicted octanol–water partition coefficient (Wildman–Crippen LogP) is 0.909. The van der Waals surface area contributed by atoms with Gasteiger partial charge in [0.05, 0.1) is 38.7 Å². The first-order valence-corrected chi connectivity index (χ1v) is 6.16. The van der Waals surface area contributed by atoms with E-state index in [0.717, 1.165) is 0 Å². The second-order valence-electron chi connectivity index (χ2n) is 3.86. The molecule has 0 fully saturated rings. The minimum Gasteiger partial charge on any atom is -0.489 e. The zero-order valence-electron chi connectivity index (χ0n) is 11.3. The quantitative estimate of drug-likeness (QED) is 0.485. The summed E-state index contributed by atoms with van der Waals surface area (Å²) in [6, 6.07) is 5.15. The molecule has 0 radical (unpaired) electrons. The highest BCUT2D eigenvalue weighted by molar-refractivity contribution is 5.59. The zero-order valence-corrected chi connectivity index (χ0v) is 11.3. The van der Waals surface area contributed by atoms with Crippen molar-refractivity contribution in [3.05, 3.63) is 18.2 Å². The van der Waals surface area contributed by atoms with Crippen LogP contribution in [0.15, 0.2) is 18.2 Å². The zero-order chi connectivity index (χ0) is 13.9. The molecule has 0 saturated carbocycles. The lowest BCUT2D eigenvalue weighted by Crippen LogP contribution is -2.12. The van der Waals surface area contributed by atoms with Crippen LogP contribution in [0.1, 0.15) is 0 Å². The van der Waals surface area contributed by atoms with Crippen molar-refractivity contribution in [2.75, 3.05) is 58.2 Å². The summed E-state index contributed by atoms with van der Waals surface area (Å²) < 4.78 is 20.9. The summed E-state index contributed by atoms with van der Waals surface area (Å²) in [6.07, 6.45) is 0. The predicted molar refractivity (Wildman–Crippen MR) is 74.3 cm³/mol. The number of ether oxygens (including phenoxy) is 4. The highest BCUT2D eigenvalue weighted by Crippen LogP contribution is 2.23. The molecule has 0 aliphatic rings. The van der Waals surface area contributed by atoms with E-state index in [1.54, 1.807) is 25.3 Å². The molecule has 0 aliphatic heterocycles. The molecule has 6 heteroatoms. The lowest BCUT2D eigenvalue weighted by Gasteiger charge is -2.10. The highest BCUT2D eigenvalue weighted by atomic mass is 16.6. The first-order valence-electron chi connectivity index (χ1n) is 6.16. The van der Waals surface area contributed by atoms with Crippen LogP contribution in [0.2, 0.25) is 0 Å². The Balaban J connectivity index is 2.03. The molecule has 6 nitrogen and oxygen atoms in total. The third-order valence-electron chi connectivity index (χ3n) is 2.33. The van der Waals surface area contributed by atoms with E-state index in [0.29, 0.717) is 56.8 Å². The molecule has 0 heterocycles. The summed E-state index contributed by atoms with van der Waals surface area (Å²) in [5.74, 6) is 0.583. The van der Waals surface area contributed by atoms with Crippen LogP contribution in [0.3, 0.4) is 0 Å². The Morgan fingerprint density at radius 2 is 1.53 bits per heavy atom. The van der Waals surface area contributed by atoms with Gasteiger partial charge in [0.2, 0.25) is 0 Å². The lowest BCUT2D eigenvalue weighted by atomic mass is 10.2. The SMILES string of the molecule is COCCOCCOCCOc1cc(N)ccc1N. The summed E-state index contributed by atoms with van der Waals surface area (Å²) in [4.78, 5) is 0. The highest BCUT2D eigenvalue weighted by Gasteiger charge is 2.00. The van der Waals surface area contributed by atoms with E-state index in [2.05, 4.69) is 0 Å². The van der Waals surface area contributed by atoms with Crippen molar-refractivity contribution in [3.63, 3.8) is 0 Å². The van der Waals surface area contributed by atoms with Gasteiger partial charge in [0.25, 0.3) is 0 Å². The number of anilines is 2. The standard InChI is InChI=1S/C13H22N2O4/c1-16-4-5-17-6-7-18-8-9-19-13-10-11(14)2-3-12(13)15/h2-3,10H,4-9,14-15H2,1H3. The van der Waals surface area contributed by atoms with E-state index in [9.17, 15) is 0 Å². The second-order valence-corrected chi connectivity index (χ2v) is 3.86. The molecule has 0 bridgehead atoms. The molecule has 0 amide bonds. The summed E-state index contributed by atoms with van der Waals surface area (Å²) in [6.45, 7) is 3.14. The largest absolute Gasteiger partial charge is 0.489 e. The van der Waals surface area contributed by atoms with Crippen LogP contribution in [0.25, 0.3) is 0 Å². The molecular formula is C13H22N2O4. The van der Waals surface area contributed by atoms with Crippen LogP contribution >= 0.6 is 0 Å². The van der Waals surface area contributed by atoms with Crippen molar-refractivity contribution in [2.45, 2.75) is 0 Å². The third-order valence-corrected chi connectivity index (χ3v) is 2.33. The number of hydrogen-bond acceptors (Lipinski definition) is 6. The monoisotopic (exact) mass is 270 g/mol. The van der Waals surface area contributed by atoms with E-state index in [1.807, 2.05) is 0 Å². The number of hydrogen-bond donors (Lipinski definition) is 2. The van der Waals surface area contributed by atoms with Crippen LogP contribution in [-0.2, 0) is 14.2 Å². The fourth-order valence-corrected chi connectivity index (χ4v) is 1.35.